The van der Waals surface area contributed by atoms with Crippen LogP contribution in [0.15, 0.2) is 53.0 Å². The van der Waals surface area contributed by atoms with Crippen molar-refractivity contribution in [3.8, 4) is 0 Å². The van der Waals surface area contributed by atoms with Gasteiger partial charge in [0.2, 0.25) is 5.91 Å². The molecule has 116 valence electrons. The highest BCUT2D eigenvalue weighted by Gasteiger charge is 2.08. The van der Waals surface area contributed by atoms with Crippen molar-refractivity contribution in [3.05, 3.63) is 64.1 Å². The molecule has 0 saturated heterocycles. The Hall–Kier alpha value is -1.81. The average Bonchev–Trinajstić information content (AvgIpc) is 2.51. The van der Waals surface area contributed by atoms with Gasteiger partial charge in [-0.25, -0.2) is 0 Å². The lowest BCUT2D eigenvalue weighted by molar-refractivity contribution is -0.130. The molecule has 0 bridgehead atoms. The highest BCUT2D eigenvalue weighted by molar-refractivity contribution is 9.10. The zero-order valence-electron chi connectivity index (χ0n) is 13.0. The maximum atomic E-state index is 12.1. The maximum absolute atomic E-state index is 12.1. The summed E-state index contributed by atoms with van der Waals surface area (Å²) in [6.07, 6.45) is 0.485. The van der Waals surface area contributed by atoms with Crippen LogP contribution in [0.3, 0.4) is 0 Å². The number of rotatable bonds is 6. The normalized spacial score (nSPS) is 10.3. The lowest BCUT2D eigenvalue weighted by Gasteiger charge is -2.17. The molecular formula is C18H21BrN2O. The molecule has 22 heavy (non-hydrogen) atoms. The van der Waals surface area contributed by atoms with E-state index in [-0.39, 0.29) is 5.91 Å². The van der Waals surface area contributed by atoms with Crippen LogP contribution in [-0.2, 0) is 11.3 Å². The van der Waals surface area contributed by atoms with E-state index >= 15 is 0 Å². The largest absolute Gasteiger partial charge is 0.385 e. The fraction of sp³-hybridized carbons (Fsp3) is 0.278. The summed E-state index contributed by atoms with van der Waals surface area (Å²) in [5.74, 6) is 0.144. The number of nitrogens with one attached hydrogen (secondary N) is 1. The number of nitrogens with zero attached hydrogens (tertiary/aromatic N) is 1. The Kier molecular flexibility index (Phi) is 6.01. The van der Waals surface area contributed by atoms with Crippen LogP contribution in [0.25, 0.3) is 0 Å². The Balaban J connectivity index is 1.78. The second-order valence-corrected chi connectivity index (χ2v) is 6.23. The van der Waals surface area contributed by atoms with Gasteiger partial charge in [-0.1, -0.05) is 46.3 Å². The number of carbonyl (C=O) groups is 1. The van der Waals surface area contributed by atoms with Crippen molar-refractivity contribution >= 4 is 27.5 Å². The summed E-state index contributed by atoms with van der Waals surface area (Å²) in [6, 6.07) is 16.1. The van der Waals surface area contributed by atoms with E-state index in [9.17, 15) is 4.79 Å². The molecule has 0 aliphatic heterocycles. The quantitative estimate of drug-likeness (QED) is 0.836. The van der Waals surface area contributed by atoms with Crippen LogP contribution in [0.4, 0.5) is 5.69 Å². The van der Waals surface area contributed by atoms with E-state index in [2.05, 4.69) is 27.3 Å². The summed E-state index contributed by atoms with van der Waals surface area (Å²) in [5.41, 5.74) is 3.37. The first kappa shape index (κ1) is 16.6. The minimum atomic E-state index is 0.144. The van der Waals surface area contributed by atoms with Crippen molar-refractivity contribution in [2.45, 2.75) is 19.9 Å². The van der Waals surface area contributed by atoms with E-state index in [4.69, 9.17) is 0 Å². The fourth-order valence-electron chi connectivity index (χ4n) is 2.20. The third kappa shape index (κ3) is 4.88. The highest BCUT2D eigenvalue weighted by Crippen LogP contribution is 2.19. The first-order valence-electron chi connectivity index (χ1n) is 7.34. The van der Waals surface area contributed by atoms with Gasteiger partial charge >= 0.3 is 0 Å². The van der Waals surface area contributed by atoms with E-state index in [1.165, 1.54) is 5.56 Å². The molecule has 0 aliphatic carbocycles. The Morgan fingerprint density at radius 1 is 1.18 bits per heavy atom. The molecule has 3 nitrogen and oxygen atoms in total. The van der Waals surface area contributed by atoms with Crippen LogP contribution < -0.4 is 5.32 Å². The first-order chi connectivity index (χ1) is 10.6. The summed E-state index contributed by atoms with van der Waals surface area (Å²) in [4.78, 5) is 13.9. The number of hydrogen-bond donors (Lipinski definition) is 1. The molecule has 0 aliphatic rings. The van der Waals surface area contributed by atoms with Crippen molar-refractivity contribution in [2.75, 3.05) is 18.9 Å². The average molecular weight is 361 g/mol. The van der Waals surface area contributed by atoms with Crippen molar-refractivity contribution in [3.63, 3.8) is 0 Å². The summed E-state index contributed by atoms with van der Waals surface area (Å²) in [6.45, 7) is 3.34. The van der Waals surface area contributed by atoms with E-state index in [1.807, 2.05) is 56.4 Å². The second kappa shape index (κ2) is 7.99. The minimum absolute atomic E-state index is 0.144. The maximum Gasteiger partial charge on any atom is 0.224 e. The predicted molar refractivity (Wildman–Crippen MR) is 94.9 cm³/mol. The molecule has 0 heterocycles. The van der Waals surface area contributed by atoms with Gasteiger partial charge in [0.25, 0.3) is 0 Å². The number of carbonyl (C=O) groups excluding carboxylic acids is 1. The Morgan fingerprint density at radius 3 is 2.59 bits per heavy atom. The van der Waals surface area contributed by atoms with Gasteiger partial charge in [-0.15, -0.1) is 0 Å². The Labute approximate surface area is 140 Å². The highest BCUT2D eigenvalue weighted by atomic mass is 79.9. The van der Waals surface area contributed by atoms with Gasteiger partial charge in [0.05, 0.1) is 0 Å². The van der Waals surface area contributed by atoms with Crippen LogP contribution in [-0.4, -0.2) is 24.4 Å². The topological polar surface area (TPSA) is 32.3 Å². The Bertz CT molecular complexity index is 628. The molecule has 0 fully saturated rings. The SMILES string of the molecule is Cc1cc(NCCC(=O)N(C)Cc2ccccc2)ccc1Br. The van der Waals surface area contributed by atoms with Gasteiger partial charge in [0, 0.05) is 36.7 Å². The molecule has 1 amide bonds. The minimum Gasteiger partial charge on any atom is -0.385 e. The monoisotopic (exact) mass is 360 g/mol. The van der Waals surface area contributed by atoms with E-state index in [0.29, 0.717) is 19.5 Å². The van der Waals surface area contributed by atoms with Crippen molar-refractivity contribution in [2.24, 2.45) is 0 Å². The number of benzene rings is 2. The molecule has 1 N–H and O–H groups in total. The second-order valence-electron chi connectivity index (χ2n) is 5.38. The summed E-state index contributed by atoms with van der Waals surface area (Å²) >= 11 is 3.48. The third-order valence-electron chi connectivity index (χ3n) is 3.51. The lowest BCUT2D eigenvalue weighted by Crippen LogP contribution is -2.27. The number of halogens is 1. The molecular weight excluding hydrogens is 340 g/mol. The number of amides is 1. The Morgan fingerprint density at radius 2 is 1.91 bits per heavy atom. The number of hydrogen-bond acceptors (Lipinski definition) is 2. The molecule has 0 saturated carbocycles. The third-order valence-corrected chi connectivity index (χ3v) is 4.40. The summed E-state index contributed by atoms with van der Waals surface area (Å²) < 4.78 is 1.09. The number of anilines is 1. The van der Waals surface area contributed by atoms with E-state index in [0.717, 1.165) is 15.7 Å². The summed E-state index contributed by atoms with van der Waals surface area (Å²) in [5, 5.41) is 3.29. The van der Waals surface area contributed by atoms with Gasteiger partial charge < -0.3 is 10.2 Å². The molecule has 2 aromatic carbocycles. The molecule has 2 aromatic rings. The summed E-state index contributed by atoms with van der Waals surface area (Å²) in [7, 11) is 1.85. The first-order valence-corrected chi connectivity index (χ1v) is 8.13. The van der Waals surface area contributed by atoms with Crippen LogP contribution in [0.2, 0.25) is 0 Å². The van der Waals surface area contributed by atoms with Gasteiger partial charge in [-0.2, -0.15) is 0 Å². The van der Waals surface area contributed by atoms with Gasteiger partial charge in [-0.3, -0.25) is 4.79 Å². The van der Waals surface area contributed by atoms with Crippen LogP contribution in [0.5, 0.6) is 0 Å². The molecule has 0 radical (unpaired) electrons. The van der Waals surface area contributed by atoms with Crippen LogP contribution in [0.1, 0.15) is 17.5 Å². The molecule has 2 rings (SSSR count). The zero-order chi connectivity index (χ0) is 15.9. The molecule has 4 heteroatoms. The van der Waals surface area contributed by atoms with Crippen molar-refractivity contribution < 1.29 is 4.79 Å². The van der Waals surface area contributed by atoms with E-state index in [1.54, 1.807) is 4.90 Å². The molecule has 0 aromatic heterocycles. The smallest absolute Gasteiger partial charge is 0.224 e. The fourth-order valence-corrected chi connectivity index (χ4v) is 2.45. The van der Waals surface area contributed by atoms with Crippen molar-refractivity contribution in [1.82, 2.24) is 4.90 Å². The molecule has 0 unspecified atom stereocenters. The standard InChI is InChI=1S/C18H21BrN2O/c1-14-12-16(8-9-17(14)19)20-11-10-18(22)21(2)13-15-6-4-3-5-7-15/h3-9,12,20H,10-11,13H2,1-2H3. The van der Waals surface area contributed by atoms with Gasteiger partial charge in [0.15, 0.2) is 0 Å². The zero-order valence-corrected chi connectivity index (χ0v) is 14.6. The molecule has 0 spiro atoms. The van der Waals surface area contributed by atoms with Crippen LogP contribution in [0, 0.1) is 6.92 Å². The van der Waals surface area contributed by atoms with E-state index < -0.39 is 0 Å². The van der Waals surface area contributed by atoms with Crippen LogP contribution >= 0.6 is 15.9 Å². The van der Waals surface area contributed by atoms with Gasteiger partial charge in [-0.05, 0) is 36.2 Å². The number of aryl methyl sites for hydroxylation is 1. The van der Waals surface area contributed by atoms with Crippen molar-refractivity contribution in [1.29, 1.82) is 0 Å². The van der Waals surface area contributed by atoms with Gasteiger partial charge in [0.1, 0.15) is 0 Å². The lowest BCUT2D eigenvalue weighted by atomic mass is 10.2. The predicted octanol–water partition coefficient (Wildman–Crippen LogP) is 4.22. The molecule has 0 atom stereocenters.